The van der Waals surface area contributed by atoms with Crippen molar-refractivity contribution in [3.05, 3.63) is 82.7 Å². The summed E-state index contributed by atoms with van der Waals surface area (Å²) in [6.45, 7) is 5.70. The Balaban J connectivity index is 1.51. The number of carbonyl (C=O) groups is 1. The van der Waals surface area contributed by atoms with Crippen molar-refractivity contribution >= 4 is 5.91 Å². The number of amides is 1. The number of hydrogen-bond donors (Lipinski definition) is 2. The quantitative estimate of drug-likeness (QED) is 0.656. The SMILES string of the molecule is Cc1cccc(C(Cc2ccc(C(=O)NC3CCOCC3)nc2)c2cnc[nH]2)c1C. The van der Waals surface area contributed by atoms with Gasteiger partial charge in [0, 0.05) is 43.3 Å². The summed E-state index contributed by atoms with van der Waals surface area (Å²) in [5.74, 6) is 0.0317. The molecule has 1 aliphatic rings. The van der Waals surface area contributed by atoms with Crippen LogP contribution in [0.2, 0.25) is 0 Å². The number of aryl methyl sites for hydroxylation is 1. The van der Waals surface area contributed by atoms with Gasteiger partial charge >= 0.3 is 0 Å². The molecule has 4 rings (SSSR count). The number of hydrogen-bond acceptors (Lipinski definition) is 4. The highest BCUT2D eigenvalue weighted by Gasteiger charge is 2.20. The zero-order valence-electron chi connectivity index (χ0n) is 17.5. The Morgan fingerprint density at radius 2 is 2.03 bits per heavy atom. The van der Waals surface area contributed by atoms with E-state index in [1.165, 1.54) is 16.7 Å². The van der Waals surface area contributed by atoms with Gasteiger partial charge in [-0.2, -0.15) is 0 Å². The highest BCUT2D eigenvalue weighted by molar-refractivity contribution is 5.92. The summed E-state index contributed by atoms with van der Waals surface area (Å²) in [6.07, 6.45) is 7.90. The Bertz CT molecular complexity index is 977. The first-order valence-electron chi connectivity index (χ1n) is 10.5. The first-order chi connectivity index (χ1) is 14.6. The molecule has 0 radical (unpaired) electrons. The summed E-state index contributed by atoms with van der Waals surface area (Å²) < 4.78 is 5.35. The van der Waals surface area contributed by atoms with Gasteiger partial charge < -0.3 is 15.0 Å². The van der Waals surface area contributed by atoms with Gasteiger partial charge in [-0.3, -0.25) is 9.78 Å². The maximum absolute atomic E-state index is 12.5. The van der Waals surface area contributed by atoms with E-state index in [4.69, 9.17) is 4.74 Å². The third kappa shape index (κ3) is 4.60. The summed E-state index contributed by atoms with van der Waals surface area (Å²) in [5.41, 5.74) is 6.45. The van der Waals surface area contributed by atoms with Crippen molar-refractivity contribution in [1.82, 2.24) is 20.3 Å². The average molecular weight is 405 g/mol. The number of benzene rings is 1. The zero-order valence-corrected chi connectivity index (χ0v) is 17.5. The number of H-pyrrole nitrogens is 1. The number of rotatable bonds is 6. The molecule has 30 heavy (non-hydrogen) atoms. The molecule has 156 valence electrons. The van der Waals surface area contributed by atoms with Crippen LogP contribution in [0.4, 0.5) is 0 Å². The summed E-state index contributed by atoms with van der Waals surface area (Å²) in [6, 6.07) is 10.4. The highest BCUT2D eigenvalue weighted by atomic mass is 16.5. The van der Waals surface area contributed by atoms with Crippen LogP contribution in [0.1, 0.15) is 57.2 Å². The summed E-state index contributed by atoms with van der Waals surface area (Å²) in [7, 11) is 0. The van der Waals surface area contributed by atoms with Crippen molar-refractivity contribution in [2.75, 3.05) is 13.2 Å². The van der Waals surface area contributed by atoms with Crippen LogP contribution in [0.15, 0.2) is 49.1 Å². The smallest absolute Gasteiger partial charge is 0.270 e. The molecular weight excluding hydrogens is 376 g/mol. The molecule has 1 atom stereocenters. The molecule has 0 bridgehead atoms. The number of imidazole rings is 1. The fourth-order valence-electron chi connectivity index (χ4n) is 4.01. The van der Waals surface area contributed by atoms with E-state index in [0.717, 1.165) is 30.5 Å². The van der Waals surface area contributed by atoms with E-state index in [2.05, 4.69) is 52.3 Å². The molecule has 1 saturated heterocycles. The number of aromatic nitrogens is 3. The van der Waals surface area contributed by atoms with Gasteiger partial charge in [-0.1, -0.05) is 24.3 Å². The van der Waals surface area contributed by atoms with Gasteiger partial charge in [-0.15, -0.1) is 0 Å². The summed E-state index contributed by atoms with van der Waals surface area (Å²) >= 11 is 0. The minimum atomic E-state index is -0.118. The fourth-order valence-corrected chi connectivity index (χ4v) is 4.01. The van der Waals surface area contributed by atoms with Crippen molar-refractivity contribution in [1.29, 1.82) is 0 Å². The minimum absolute atomic E-state index is 0.118. The third-order valence-corrected chi connectivity index (χ3v) is 5.97. The maximum atomic E-state index is 12.5. The molecule has 0 spiro atoms. The first-order valence-corrected chi connectivity index (χ1v) is 10.5. The van der Waals surface area contributed by atoms with Gasteiger partial charge in [0.05, 0.1) is 6.33 Å². The van der Waals surface area contributed by atoms with E-state index < -0.39 is 0 Å². The standard InChI is InChI=1S/C24H28N4O2/c1-16-4-3-5-20(17(16)2)21(23-14-25-15-27-23)12-18-6-7-22(26-13-18)24(29)28-19-8-10-30-11-9-19/h3-7,13-15,19,21H,8-12H2,1-2H3,(H,25,27)(H,28,29). The van der Waals surface area contributed by atoms with Crippen LogP contribution in [0.5, 0.6) is 0 Å². The van der Waals surface area contributed by atoms with Gasteiger partial charge in [-0.05, 0) is 61.4 Å². The number of aromatic amines is 1. The topological polar surface area (TPSA) is 79.9 Å². The summed E-state index contributed by atoms with van der Waals surface area (Å²) in [4.78, 5) is 24.4. The van der Waals surface area contributed by atoms with Crippen LogP contribution in [0, 0.1) is 13.8 Å². The predicted octanol–water partition coefficient (Wildman–Crippen LogP) is 3.70. The van der Waals surface area contributed by atoms with Crippen LogP contribution in [0.3, 0.4) is 0 Å². The van der Waals surface area contributed by atoms with Crippen molar-refractivity contribution in [3.63, 3.8) is 0 Å². The Hall–Kier alpha value is -2.99. The second-order valence-electron chi connectivity index (χ2n) is 7.96. The lowest BCUT2D eigenvalue weighted by atomic mass is 9.86. The average Bonchev–Trinajstić information content (AvgIpc) is 3.30. The fraction of sp³-hybridized carbons (Fsp3) is 0.375. The number of pyridine rings is 1. The van der Waals surface area contributed by atoms with E-state index in [9.17, 15) is 4.79 Å². The number of nitrogens with zero attached hydrogens (tertiary/aromatic N) is 2. The largest absolute Gasteiger partial charge is 0.381 e. The Labute approximate surface area is 177 Å². The lowest BCUT2D eigenvalue weighted by Gasteiger charge is -2.23. The number of ether oxygens (including phenoxy) is 1. The molecule has 6 nitrogen and oxygen atoms in total. The predicted molar refractivity (Wildman–Crippen MR) is 116 cm³/mol. The lowest BCUT2D eigenvalue weighted by Crippen LogP contribution is -2.39. The molecule has 1 aliphatic heterocycles. The second kappa shape index (κ2) is 9.22. The van der Waals surface area contributed by atoms with E-state index in [1.807, 2.05) is 24.5 Å². The van der Waals surface area contributed by atoms with Gasteiger partial charge in [0.1, 0.15) is 5.69 Å². The third-order valence-electron chi connectivity index (χ3n) is 5.97. The van der Waals surface area contributed by atoms with Gasteiger partial charge in [-0.25, -0.2) is 4.98 Å². The van der Waals surface area contributed by atoms with Crippen LogP contribution in [-0.2, 0) is 11.2 Å². The molecule has 1 unspecified atom stereocenters. The van der Waals surface area contributed by atoms with Crippen molar-refractivity contribution < 1.29 is 9.53 Å². The lowest BCUT2D eigenvalue weighted by molar-refractivity contribution is 0.0694. The molecular formula is C24H28N4O2. The number of nitrogens with one attached hydrogen (secondary N) is 2. The minimum Gasteiger partial charge on any atom is -0.381 e. The normalized spacial score (nSPS) is 15.7. The van der Waals surface area contributed by atoms with Gasteiger partial charge in [0.15, 0.2) is 0 Å². The second-order valence-corrected chi connectivity index (χ2v) is 7.96. The van der Waals surface area contributed by atoms with E-state index >= 15 is 0 Å². The molecule has 1 amide bonds. The van der Waals surface area contributed by atoms with Crippen LogP contribution >= 0.6 is 0 Å². The molecule has 2 aromatic heterocycles. The molecule has 2 N–H and O–H groups in total. The van der Waals surface area contributed by atoms with Crippen molar-refractivity contribution in [3.8, 4) is 0 Å². The molecule has 1 fully saturated rings. The Morgan fingerprint density at radius 1 is 1.20 bits per heavy atom. The van der Waals surface area contributed by atoms with E-state index in [-0.39, 0.29) is 17.9 Å². The Kier molecular flexibility index (Phi) is 6.23. The Morgan fingerprint density at radius 3 is 2.73 bits per heavy atom. The summed E-state index contributed by atoms with van der Waals surface area (Å²) in [5, 5.41) is 3.06. The molecule has 6 heteroatoms. The molecule has 1 aromatic carbocycles. The first kappa shape index (κ1) is 20.3. The van der Waals surface area contributed by atoms with Gasteiger partial charge in [0.2, 0.25) is 0 Å². The molecule has 0 saturated carbocycles. The van der Waals surface area contributed by atoms with E-state index in [1.54, 1.807) is 6.33 Å². The van der Waals surface area contributed by atoms with Crippen LogP contribution < -0.4 is 5.32 Å². The number of carbonyl (C=O) groups excluding carboxylic acids is 1. The molecule has 3 heterocycles. The van der Waals surface area contributed by atoms with Crippen molar-refractivity contribution in [2.24, 2.45) is 0 Å². The van der Waals surface area contributed by atoms with Crippen molar-refractivity contribution in [2.45, 2.75) is 45.1 Å². The zero-order chi connectivity index (χ0) is 20.9. The van der Waals surface area contributed by atoms with Crippen LogP contribution in [-0.4, -0.2) is 40.1 Å². The molecule has 0 aliphatic carbocycles. The maximum Gasteiger partial charge on any atom is 0.270 e. The monoisotopic (exact) mass is 404 g/mol. The van der Waals surface area contributed by atoms with Gasteiger partial charge in [0.25, 0.3) is 5.91 Å². The highest BCUT2D eigenvalue weighted by Crippen LogP contribution is 2.30. The van der Waals surface area contributed by atoms with E-state index in [0.29, 0.717) is 18.9 Å². The van der Waals surface area contributed by atoms with Crippen LogP contribution in [0.25, 0.3) is 0 Å². The molecule has 3 aromatic rings.